The summed E-state index contributed by atoms with van der Waals surface area (Å²) in [6.45, 7) is 8.85. The van der Waals surface area contributed by atoms with E-state index in [0.717, 1.165) is 60.3 Å². The van der Waals surface area contributed by atoms with Crippen molar-refractivity contribution in [2.45, 2.75) is 20.4 Å². The molecular weight excluding hydrogens is 374 g/mol. The van der Waals surface area contributed by atoms with Crippen molar-refractivity contribution < 1.29 is 9.53 Å². The third kappa shape index (κ3) is 5.25. The normalized spacial score (nSPS) is 15.4. The molecule has 3 rings (SSSR count). The van der Waals surface area contributed by atoms with Crippen LogP contribution in [0.25, 0.3) is 0 Å². The average molecular weight is 402 g/mol. The van der Waals surface area contributed by atoms with Crippen LogP contribution < -0.4 is 10.1 Å². The van der Waals surface area contributed by atoms with Crippen LogP contribution >= 0.6 is 11.6 Å². The molecule has 0 atom stereocenters. The van der Waals surface area contributed by atoms with Gasteiger partial charge in [0.15, 0.2) is 0 Å². The lowest BCUT2D eigenvalue weighted by molar-refractivity contribution is -0.117. The first-order valence-electron chi connectivity index (χ1n) is 9.59. The molecule has 1 aliphatic heterocycles. The molecule has 5 nitrogen and oxygen atoms in total. The Labute approximate surface area is 172 Å². The lowest BCUT2D eigenvalue weighted by atomic mass is 10.1. The predicted molar refractivity (Wildman–Crippen MR) is 114 cm³/mol. The van der Waals surface area contributed by atoms with E-state index in [-0.39, 0.29) is 5.91 Å². The van der Waals surface area contributed by atoms with Crippen LogP contribution in [0.1, 0.15) is 16.7 Å². The third-order valence-electron chi connectivity index (χ3n) is 5.35. The smallest absolute Gasteiger partial charge is 0.238 e. The lowest BCUT2D eigenvalue weighted by Gasteiger charge is -2.34. The molecule has 0 aromatic heterocycles. The summed E-state index contributed by atoms with van der Waals surface area (Å²) in [5.74, 6) is 0.901. The minimum absolute atomic E-state index is 0.0404. The van der Waals surface area contributed by atoms with Gasteiger partial charge in [-0.2, -0.15) is 0 Å². The predicted octanol–water partition coefficient (Wildman–Crippen LogP) is 3.72. The average Bonchev–Trinajstić information content (AvgIpc) is 2.67. The van der Waals surface area contributed by atoms with Gasteiger partial charge in [0.2, 0.25) is 5.91 Å². The number of piperazine rings is 1. The van der Waals surface area contributed by atoms with E-state index in [9.17, 15) is 4.79 Å². The van der Waals surface area contributed by atoms with E-state index in [1.165, 1.54) is 5.56 Å². The second-order valence-electron chi connectivity index (χ2n) is 7.30. The van der Waals surface area contributed by atoms with Crippen molar-refractivity contribution in [3.63, 3.8) is 0 Å². The van der Waals surface area contributed by atoms with Gasteiger partial charge in [0, 0.05) is 49.0 Å². The molecule has 0 bridgehead atoms. The largest absolute Gasteiger partial charge is 0.496 e. The Kier molecular flexibility index (Phi) is 6.94. The number of hydrogen-bond donors (Lipinski definition) is 1. The summed E-state index contributed by atoms with van der Waals surface area (Å²) in [5.41, 5.74) is 4.30. The molecule has 2 aromatic rings. The molecule has 0 saturated carbocycles. The van der Waals surface area contributed by atoms with Gasteiger partial charge < -0.3 is 10.1 Å². The molecule has 0 radical (unpaired) electrons. The Morgan fingerprint density at radius 3 is 2.54 bits per heavy atom. The third-order valence-corrected chi connectivity index (χ3v) is 5.58. The van der Waals surface area contributed by atoms with Crippen LogP contribution in [-0.4, -0.2) is 55.5 Å². The quantitative estimate of drug-likeness (QED) is 0.801. The number of aryl methyl sites for hydroxylation is 1. The second kappa shape index (κ2) is 9.41. The summed E-state index contributed by atoms with van der Waals surface area (Å²) >= 11 is 6.13. The summed E-state index contributed by atoms with van der Waals surface area (Å²) < 4.78 is 5.44. The van der Waals surface area contributed by atoms with E-state index in [4.69, 9.17) is 16.3 Å². The first-order valence-corrected chi connectivity index (χ1v) is 9.97. The molecule has 6 heteroatoms. The summed E-state index contributed by atoms with van der Waals surface area (Å²) in [4.78, 5) is 17.0. The number of halogens is 1. The maximum atomic E-state index is 12.4. The fraction of sp³-hybridized carbons (Fsp3) is 0.409. The van der Waals surface area contributed by atoms with Gasteiger partial charge in [0.25, 0.3) is 0 Å². The molecule has 150 valence electrons. The van der Waals surface area contributed by atoms with Crippen LogP contribution in [-0.2, 0) is 11.3 Å². The van der Waals surface area contributed by atoms with Crippen molar-refractivity contribution in [3.8, 4) is 5.75 Å². The highest BCUT2D eigenvalue weighted by atomic mass is 35.5. The molecule has 2 aromatic carbocycles. The number of ether oxygens (including phenoxy) is 1. The van der Waals surface area contributed by atoms with Crippen LogP contribution in [0.3, 0.4) is 0 Å². The molecule has 1 aliphatic rings. The molecule has 1 amide bonds. The van der Waals surface area contributed by atoms with E-state index in [1.54, 1.807) is 7.11 Å². The highest BCUT2D eigenvalue weighted by molar-refractivity contribution is 6.30. The number of nitrogens with one attached hydrogen (secondary N) is 1. The van der Waals surface area contributed by atoms with Gasteiger partial charge in [0.05, 0.1) is 13.7 Å². The number of hydrogen-bond acceptors (Lipinski definition) is 4. The van der Waals surface area contributed by atoms with Crippen LogP contribution in [0.2, 0.25) is 5.02 Å². The number of rotatable bonds is 6. The number of anilines is 1. The van der Waals surface area contributed by atoms with Crippen molar-refractivity contribution in [1.29, 1.82) is 0 Å². The molecule has 0 unspecified atom stereocenters. The van der Waals surface area contributed by atoms with Gasteiger partial charge in [-0.15, -0.1) is 0 Å². The number of carbonyl (C=O) groups is 1. The SMILES string of the molecule is COc1ccc(Cl)cc1CN1CCN(CC(=O)Nc2cccc(C)c2C)CC1. The maximum absolute atomic E-state index is 12.4. The minimum Gasteiger partial charge on any atom is -0.496 e. The number of nitrogens with zero attached hydrogens (tertiary/aromatic N) is 2. The van der Waals surface area contributed by atoms with E-state index >= 15 is 0 Å². The summed E-state index contributed by atoms with van der Waals surface area (Å²) in [6, 6.07) is 11.7. The summed E-state index contributed by atoms with van der Waals surface area (Å²) in [5, 5.41) is 3.77. The zero-order valence-corrected chi connectivity index (χ0v) is 17.6. The molecular formula is C22H28ClN3O2. The Morgan fingerprint density at radius 1 is 1.11 bits per heavy atom. The van der Waals surface area contributed by atoms with Crippen LogP contribution in [0.4, 0.5) is 5.69 Å². The number of methoxy groups -OCH3 is 1. The van der Waals surface area contributed by atoms with E-state index < -0.39 is 0 Å². The van der Waals surface area contributed by atoms with Gasteiger partial charge in [0.1, 0.15) is 5.75 Å². The van der Waals surface area contributed by atoms with Gasteiger partial charge in [-0.05, 0) is 49.2 Å². The van der Waals surface area contributed by atoms with E-state index in [0.29, 0.717) is 6.54 Å². The van der Waals surface area contributed by atoms with Crippen molar-refractivity contribution in [1.82, 2.24) is 9.80 Å². The van der Waals surface area contributed by atoms with Gasteiger partial charge in [-0.25, -0.2) is 0 Å². The Balaban J connectivity index is 1.49. The Bertz CT molecular complexity index is 833. The zero-order chi connectivity index (χ0) is 20.1. The van der Waals surface area contributed by atoms with Crippen LogP contribution in [0, 0.1) is 13.8 Å². The molecule has 0 aliphatic carbocycles. The monoisotopic (exact) mass is 401 g/mol. The fourth-order valence-electron chi connectivity index (χ4n) is 3.50. The highest BCUT2D eigenvalue weighted by Crippen LogP contribution is 2.24. The number of amides is 1. The molecule has 1 fully saturated rings. The Morgan fingerprint density at radius 2 is 1.82 bits per heavy atom. The highest BCUT2D eigenvalue weighted by Gasteiger charge is 2.20. The van der Waals surface area contributed by atoms with Crippen LogP contribution in [0.15, 0.2) is 36.4 Å². The van der Waals surface area contributed by atoms with Crippen molar-refractivity contribution in [2.24, 2.45) is 0 Å². The second-order valence-corrected chi connectivity index (χ2v) is 7.74. The molecule has 1 N–H and O–H groups in total. The van der Waals surface area contributed by atoms with Crippen molar-refractivity contribution in [3.05, 3.63) is 58.1 Å². The first-order chi connectivity index (χ1) is 13.5. The molecule has 1 heterocycles. The minimum atomic E-state index is 0.0404. The standard InChI is InChI=1S/C22H28ClN3O2/c1-16-5-4-6-20(17(16)2)24-22(27)15-26-11-9-25(10-12-26)14-18-13-19(23)7-8-21(18)28-3/h4-8,13H,9-12,14-15H2,1-3H3,(H,24,27). The van der Waals surface area contributed by atoms with Gasteiger partial charge >= 0.3 is 0 Å². The van der Waals surface area contributed by atoms with Crippen molar-refractivity contribution >= 4 is 23.2 Å². The lowest BCUT2D eigenvalue weighted by Crippen LogP contribution is -2.48. The Hall–Kier alpha value is -2.08. The maximum Gasteiger partial charge on any atom is 0.238 e. The summed E-state index contributed by atoms with van der Waals surface area (Å²) in [6.07, 6.45) is 0. The number of carbonyl (C=O) groups excluding carboxylic acids is 1. The molecule has 0 spiro atoms. The van der Waals surface area contributed by atoms with E-state index in [1.807, 2.05) is 37.3 Å². The van der Waals surface area contributed by atoms with Gasteiger partial charge in [-0.1, -0.05) is 23.7 Å². The molecule has 1 saturated heterocycles. The first kappa shape index (κ1) is 20.6. The fourth-order valence-corrected chi connectivity index (χ4v) is 3.69. The molecule has 28 heavy (non-hydrogen) atoms. The number of benzene rings is 2. The van der Waals surface area contributed by atoms with Gasteiger partial charge in [-0.3, -0.25) is 14.6 Å². The van der Waals surface area contributed by atoms with Crippen molar-refractivity contribution in [2.75, 3.05) is 45.2 Å². The topological polar surface area (TPSA) is 44.8 Å². The van der Waals surface area contributed by atoms with Crippen LogP contribution in [0.5, 0.6) is 5.75 Å². The van der Waals surface area contributed by atoms with E-state index in [2.05, 4.69) is 28.1 Å². The summed E-state index contributed by atoms with van der Waals surface area (Å²) in [7, 11) is 1.68. The zero-order valence-electron chi connectivity index (χ0n) is 16.8.